The zero-order chi connectivity index (χ0) is 13.5. The molecule has 18 heavy (non-hydrogen) atoms. The summed E-state index contributed by atoms with van der Waals surface area (Å²) in [5.74, 6) is -0.365. The molecule has 1 heterocycles. The number of carboxylic acids is 1. The van der Waals surface area contributed by atoms with Crippen LogP contribution in [-0.2, 0) is 4.79 Å². The molecule has 7 nitrogen and oxygen atoms in total. The predicted molar refractivity (Wildman–Crippen MR) is 65.0 cm³/mol. The predicted octanol–water partition coefficient (Wildman–Crippen LogP) is 0.977. The fourth-order valence-corrected chi connectivity index (χ4v) is 1.56. The molecule has 0 aliphatic carbocycles. The number of aromatic nitrogens is 2. The van der Waals surface area contributed by atoms with E-state index in [9.17, 15) is 9.59 Å². The number of carbonyl (C=O) groups excluding carboxylic acids is 1. The fourth-order valence-electron chi connectivity index (χ4n) is 1.56. The van der Waals surface area contributed by atoms with Crippen molar-refractivity contribution in [1.29, 1.82) is 0 Å². The van der Waals surface area contributed by atoms with Gasteiger partial charge in [0, 0.05) is 18.9 Å². The summed E-state index contributed by atoms with van der Waals surface area (Å²) in [7, 11) is 0. The number of aromatic amines is 1. The second-order valence-electron chi connectivity index (χ2n) is 3.79. The van der Waals surface area contributed by atoms with Gasteiger partial charge in [-0.25, -0.2) is 9.78 Å². The van der Waals surface area contributed by atoms with Gasteiger partial charge < -0.3 is 20.3 Å². The van der Waals surface area contributed by atoms with Crippen molar-refractivity contribution in [3.05, 3.63) is 18.2 Å². The maximum Gasteiger partial charge on any atom is 0.323 e. The molecule has 0 saturated heterocycles. The number of rotatable bonds is 6. The number of imidazole rings is 1. The highest BCUT2D eigenvalue weighted by Gasteiger charge is 2.20. The fraction of sp³-hybridized carbons (Fsp3) is 0.545. The van der Waals surface area contributed by atoms with Crippen LogP contribution >= 0.6 is 0 Å². The van der Waals surface area contributed by atoms with E-state index >= 15 is 0 Å². The van der Waals surface area contributed by atoms with Crippen LogP contribution in [0.15, 0.2) is 12.4 Å². The first kappa shape index (κ1) is 14.0. The molecule has 0 bridgehead atoms. The molecule has 1 aromatic rings. The minimum Gasteiger partial charge on any atom is -0.480 e. The molecule has 0 fully saturated rings. The quantitative estimate of drug-likeness (QED) is 0.704. The molecule has 1 atom stereocenters. The van der Waals surface area contributed by atoms with Crippen LogP contribution in [0.3, 0.4) is 0 Å². The van der Waals surface area contributed by atoms with Crippen LogP contribution in [0, 0.1) is 0 Å². The SMILES string of the molecule is CCC(NC(=O)N(CC)CC(=O)O)c1ncc[nH]1. The first-order valence-corrected chi connectivity index (χ1v) is 5.85. The average Bonchev–Trinajstić information content (AvgIpc) is 2.85. The van der Waals surface area contributed by atoms with E-state index < -0.39 is 12.0 Å². The molecule has 0 radical (unpaired) electrons. The molecule has 0 aliphatic rings. The third-order valence-corrected chi connectivity index (χ3v) is 2.55. The molecule has 1 aromatic heterocycles. The summed E-state index contributed by atoms with van der Waals surface area (Å²) in [5.41, 5.74) is 0. The molecule has 3 N–H and O–H groups in total. The van der Waals surface area contributed by atoms with E-state index in [2.05, 4.69) is 15.3 Å². The zero-order valence-electron chi connectivity index (χ0n) is 10.5. The van der Waals surface area contributed by atoms with Crippen molar-refractivity contribution in [3.63, 3.8) is 0 Å². The van der Waals surface area contributed by atoms with Gasteiger partial charge in [0.05, 0.1) is 6.04 Å². The number of urea groups is 1. The summed E-state index contributed by atoms with van der Waals surface area (Å²) in [6.07, 6.45) is 3.96. The summed E-state index contributed by atoms with van der Waals surface area (Å²) in [5, 5.41) is 11.5. The number of nitrogens with zero attached hydrogens (tertiary/aromatic N) is 2. The Balaban J connectivity index is 2.63. The Morgan fingerprint density at radius 3 is 2.72 bits per heavy atom. The molecular formula is C11H18N4O3. The van der Waals surface area contributed by atoms with E-state index in [0.717, 1.165) is 0 Å². The van der Waals surface area contributed by atoms with Crippen molar-refractivity contribution in [1.82, 2.24) is 20.2 Å². The largest absolute Gasteiger partial charge is 0.480 e. The van der Waals surface area contributed by atoms with Gasteiger partial charge in [0.1, 0.15) is 12.4 Å². The van der Waals surface area contributed by atoms with Gasteiger partial charge in [0.25, 0.3) is 0 Å². The van der Waals surface area contributed by atoms with Crippen LogP contribution in [0.2, 0.25) is 0 Å². The van der Waals surface area contributed by atoms with Crippen molar-refractivity contribution in [2.45, 2.75) is 26.3 Å². The second kappa shape index (κ2) is 6.63. The van der Waals surface area contributed by atoms with Crippen LogP contribution < -0.4 is 5.32 Å². The van der Waals surface area contributed by atoms with E-state index in [1.54, 1.807) is 19.3 Å². The maximum atomic E-state index is 11.9. The van der Waals surface area contributed by atoms with Crippen molar-refractivity contribution >= 4 is 12.0 Å². The lowest BCUT2D eigenvalue weighted by atomic mass is 10.2. The van der Waals surface area contributed by atoms with Gasteiger partial charge in [-0.2, -0.15) is 0 Å². The van der Waals surface area contributed by atoms with Gasteiger partial charge in [0.2, 0.25) is 0 Å². The molecule has 0 saturated carbocycles. The number of carboxylic acid groups (broad SMARTS) is 1. The molecule has 1 rings (SSSR count). The van der Waals surface area contributed by atoms with E-state index in [1.165, 1.54) is 4.90 Å². The van der Waals surface area contributed by atoms with E-state index in [4.69, 9.17) is 5.11 Å². The number of hydrogen-bond donors (Lipinski definition) is 3. The smallest absolute Gasteiger partial charge is 0.323 e. The maximum absolute atomic E-state index is 11.9. The monoisotopic (exact) mass is 254 g/mol. The summed E-state index contributed by atoms with van der Waals surface area (Å²) >= 11 is 0. The Kier molecular flexibility index (Phi) is 5.16. The summed E-state index contributed by atoms with van der Waals surface area (Å²) < 4.78 is 0. The summed E-state index contributed by atoms with van der Waals surface area (Å²) in [6.45, 7) is 3.68. The molecule has 2 amide bonds. The Bertz CT molecular complexity index is 391. The highest BCUT2D eigenvalue weighted by Crippen LogP contribution is 2.11. The average molecular weight is 254 g/mol. The molecular weight excluding hydrogens is 236 g/mol. The van der Waals surface area contributed by atoms with Crippen LogP contribution in [0.4, 0.5) is 4.79 Å². The van der Waals surface area contributed by atoms with Crippen molar-refractivity contribution < 1.29 is 14.7 Å². The minimum absolute atomic E-state index is 0.240. The summed E-state index contributed by atoms with van der Waals surface area (Å²) in [6, 6.07) is -0.640. The third kappa shape index (κ3) is 3.76. The molecule has 0 spiro atoms. The standard InChI is InChI=1S/C11H18N4O3/c1-3-8(10-12-5-6-13-10)14-11(18)15(4-2)7-9(16)17/h5-6,8H,3-4,7H2,1-2H3,(H,12,13)(H,14,18)(H,16,17). The van der Waals surface area contributed by atoms with Gasteiger partial charge in [-0.1, -0.05) is 6.92 Å². The number of likely N-dealkylation sites (N-methyl/N-ethyl adjacent to an activating group) is 1. The van der Waals surface area contributed by atoms with Crippen molar-refractivity contribution in [2.75, 3.05) is 13.1 Å². The Labute approximate surface area is 105 Å². The van der Waals surface area contributed by atoms with Gasteiger partial charge in [-0.15, -0.1) is 0 Å². The van der Waals surface area contributed by atoms with Crippen LogP contribution in [0.25, 0.3) is 0 Å². The lowest BCUT2D eigenvalue weighted by Crippen LogP contribution is -2.44. The molecule has 100 valence electrons. The highest BCUT2D eigenvalue weighted by molar-refractivity contribution is 5.80. The van der Waals surface area contributed by atoms with Crippen LogP contribution in [-0.4, -0.2) is 45.1 Å². The zero-order valence-corrected chi connectivity index (χ0v) is 10.5. The third-order valence-electron chi connectivity index (χ3n) is 2.55. The minimum atomic E-state index is -1.03. The van der Waals surface area contributed by atoms with Gasteiger partial charge in [0.15, 0.2) is 0 Å². The number of carbonyl (C=O) groups is 2. The van der Waals surface area contributed by atoms with Gasteiger partial charge in [-0.3, -0.25) is 4.79 Å². The highest BCUT2D eigenvalue weighted by atomic mass is 16.4. The summed E-state index contributed by atoms with van der Waals surface area (Å²) in [4.78, 5) is 30.7. The van der Waals surface area contributed by atoms with Gasteiger partial charge >= 0.3 is 12.0 Å². The lowest BCUT2D eigenvalue weighted by Gasteiger charge is -2.22. The number of H-pyrrole nitrogens is 1. The van der Waals surface area contributed by atoms with E-state index in [-0.39, 0.29) is 12.6 Å². The normalized spacial score (nSPS) is 11.9. The number of aliphatic carboxylic acids is 1. The second-order valence-corrected chi connectivity index (χ2v) is 3.79. The first-order valence-electron chi connectivity index (χ1n) is 5.85. The van der Waals surface area contributed by atoms with Crippen LogP contribution in [0.1, 0.15) is 32.1 Å². The Morgan fingerprint density at radius 1 is 1.56 bits per heavy atom. The Morgan fingerprint density at radius 2 is 2.28 bits per heavy atom. The van der Waals surface area contributed by atoms with E-state index in [0.29, 0.717) is 18.8 Å². The topological polar surface area (TPSA) is 98.3 Å². The molecule has 0 aliphatic heterocycles. The number of hydrogen-bond acceptors (Lipinski definition) is 3. The molecule has 7 heteroatoms. The molecule has 1 unspecified atom stereocenters. The van der Waals surface area contributed by atoms with Crippen molar-refractivity contribution in [2.24, 2.45) is 0 Å². The number of nitrogens with one attached hydrogen (secondary N) is 2. The molecule has 0 aromatic carbocycles. The van der Waals surface area contributed by atoms with Crippen LogP contribution in [0.5, 0.6) is 0 Å². The van der Waals surface area contributed by atoms with Gasteiger partial charge in [-0.05, 0) is 13.3 Å². The first-order chi connectivity index (χ1) is 8.58. The lowest BCUT2D eigenvalue weighted by molar-refractivity contribution is -0.137. The Hall–Kier alpha value is -2.05. The number of amides is 2. The van der Waals surface area contributed by atoms with Crippen molar-refractivity contribution in [3.8, 4) is 0 Å². The van der Waals surface area contributed by atoms with E-state index in [1.807, 2.05) is 6.92 Å².